The Kier molecular flexibility index (Phi) is 6.54. The Hall–Kier alpha value is -2.64. The molecule has 0 heterocycles. The molecule has 0 spiro atoms. The van der Waals surface area contributed by atoms with Gasteiger partial charge in [-0.15, -0.1) is 0 Å². The van der Waals surface area contributed by atoms with Gasteiger partial charge in [-0.05, 0) is 24.3 Å². The molecule has 2 aromatic rings. The molecule has 2 rings (SSSR count). The number of hydrogen-bond donors (Lipinski definition) is 2. The van der Waals surface area contributed by atoms with Crippen LogP contribution in [0, 0.1) is 0 Å². The van der Waals surface area contributed by atoms with Crippen LogP contribution in [-0.4, -0.2) is 33.1 Å². The van der Waals surface area contributed by atoms with Crippen molar-refractivity contribution in [3.05, 3.63) is 51.5 Å². The highest BCUT2D eigenvalue weighted by Gasteiger charge is 2.15. The van der Waals surface area contributed by atoms with Crippen LogP contribution in [0.15, 0.2) is 30.3 Å². The van der Waals surface area contributed by atoms with E-state index in [0.29, 0.717) is 11.5 Å². The fourth-order valence-corrected chi connectivity index (χ4v) is 2.72. The number of benzene rings is 2. The summed E-state index contributed by atoms with van der Waals surface area (Å²) in [4.78, 5) is 24.4. The number of hydrogen-bond acceptors (Lipinski definition) is 5. The molecular formula is C17H16Cl2N2O5. The van der Waals surface area contributed by atoms with E-state index in [2.05, 4.69) is 10.9 Å². The molecule has 7 nitrogen and oxygen atoms in total. The minimum Gasteiger partial charge on any atom is -0.497 e. The molecule has 0 saturated heterocycles. The molecule has 0 aromatic heterocycles. The third kappa shape index (κ3) is 4.50. The van der Waals surface area contributed by atoms with E-state index < -0.39 is 11.8 Å². The van der Waals surface area contributed by atoms with E-state index in [4.69, 9.17) is 37.4 Å². The van der Waals surface area contributed by atoms with E-state index in [1.54, 1.807) is 6.07 Å². The first kappa shape index (κ1) is 19.7. The Labute approximate surface area is 160 Å². The van der Waals surface area contributed by atoms with Gasteiger partial charge in [0.2, 0.25) is 0 Å². The van der Waals surface area contributed by atoms with Gasteiger partial charge in [0.15, 0.2) is 5.75 Å². The second-order valence-corrected chi connectivity index (χ2v) is 5.80. The Balaban J connectivity index is 2.11. The summed E-state index contributed by atoms with van der Waals surface area (Å²) in [6.07, 6.45) is 0. The van der Waals surface area contributed by atoms with Crippen LogP contribution in [0.3, 0.4) is 0 Å². The van der Waals surface area contributed by atoms with Crippen molar-refractivity contribution >= 4 is 35.0 Å². The summed E-state index contributed by atoms with van der Waals surface area (Å²) in [6.45, 7) is 0. The molecule has 0 unspecified atom stereocenters. The van der Waals surface area contributed by atoms with E-state index in [9.17, 15) is 9.59 Å². The number of ether oxygens (including phenoxy) is 3. The van der Waals surface area contributed by atoms with Gasteiger partial charge in [0.1, 0.15) is 11.5 Å². The van der Waals surface area contributed by atoms with Gasteiger partial charge < -0.3 is 14.2 Å². The topological polar surface area (TPSA) is 85.9 Å². The number of rotatable bonds is 5. The van der Waals surface area contributed by atoms with Gasteiger partial charge in [-0.25, -0.2) is 0 Å². The highest BCUT2D eigenvalue weighted by Crippen LogP contribution is 2.33. The maximum atomic E-state index is 12.2. The number of halogens is 2. The summed E-state index contributed by atoms with van der Waals surface area (Å²) in [5.74, 6) is -0.0117. The van der Waals surface area contributed by atoms with E-state index in [1.165, 1.54) is 45.6 Å². The summed E-state index contributed by atoms with van der Waals surface area (Å²) < 4.78 is 15.2. The van der Waals surface area contributed by atoms with Crippen molar-refractivity contribution in [1.82, 2.24) is 10.9 Å². The van der Waals surface area contributed by atoms with Crippen molar-refractivity contribution in [1.29, 1.82) is 0 Å². The molecule has 9 heteroatoms. The van der Waals surface area contributed by atoms with E-state index in [-0.39, 0.29) is 26.9 Å². The lowest BCUT2D eigenvalue weighted by Gasteiger charge is -2.11. The fraction of sp³-hybridized carbons (Fsp3) is 0.176. The van der Waals surface area contributed by atoms with Crippen LogP contribution < -0.4 is 25.1 Å². The highest BCUT2D eigenvalue weighted by atomic mass is 35.5. The van der Waals surface area contributed by atoms with Gasteiger partial charge in [0.25, 0.3) is 11.8 Å². The number of amides is 2. The second kappa shape index (κ2) is 8.64. The van der Waals surface area contributed by atoms with Crippen molar-refractivity contribution in [3.8, 4) is 17.2 Å². The van der Waals surface area contributed by atoms with Gasteiger partial charge >= 0.3 is 0 Å². The summed E-state index contributed by atoms with van der Waals surface area (Å²) >= 11 is 12.0. The third-order valence-electron chi connectivity index (χ3n) is 3.37. The zero-order chi connectivity index (χ0) is 19.3. The average molecular weight is 399 g/mol. The van der Waals surface area contributed by atoms with Crippen molar-refractivity contribution in [2.75, 3.05) is 21.3 Å². The molecule has 0 aliphatic carbocycles. The van der Waals surface area contributed by atoms with Crippen LogP contribution in [0.4, 0.5) is 0 Å². The Morgan fingerprint density at radius 2 is 1.15 bits per heavy atom. The molecule has 26 heavy (non-hydrogen) atoms. The van der Waals surface area contributed by atoms with Crippen molar-refractivity contribution in [3.63, 3.8) is 0 Å². The Morgan fingerprint density at radius 1 is 0.731 bits per heavy atom. The maximum Gasteiger partial charge on any atom is 0.269 e. The SMILES string of the molecule is COc1cc(OC)cc(C(=O)NNC(=O)c2cc(Cl)c(OC)c(Cl)c2)c1. The number of nitrogens with one attached hydrogen (secondary N) is 2. The van der Waals surface area contributed by atoms with E-state index in [0.717, 1.165) is 0 Å². The Morgan fingerprint density at radius 3 is 1.54 bits per heavy atom. The molecule has 0 radical (unpaired) electrons. The maximum absolute atomic E-state index is 12.2. The number of carbonyl (C=O) groups is 2. The van der Waals surface area contributed by atoms with Gasteiger partial charge in [-0.2, -0.15) is 0 Å². The predicted octanol–water partition coefficient (Wildman–Crippen LogP) is 3.09. The molecule has 138 valence electrons. The van der Waals surface area contributed by atoms with Crippen LogP contribution >= 0.6 is 23.2 Å². The van der Waals surface area contributed by atoms with E-state index in [1.807, 2.05) is 0 Å². The molecule has 0 saturated carbocycles. The molecule has 0 aliphatic rings. The van der Waals surface area contributed by atoms with Crippen molar-refractivity contribution in [2.45, 2.75) is 0 Å². The molecule has 2 aromatic carbocycles. The first-order chi connectivity index (χ1) is 12.4. The third-order valence-corrected chi connectivity index (χ3v) is 3.93. The number of methoxy groups -OCH3 is 3. The van der Waals surface area contributed by atoms with Crippen LogP contribution in [-0.2, 0) is 0 Å². The molecular weight excluding hydrogens is 383 g/mol. The molecule has 0 aliphatic heterocycles. The fourth-order valence-electron chi connectivity index (χ4n) is 2.08. The number of hydrazine groups is 1. The lowest BCUT2D eigenvalue weighted by atomic mass is 10.2. The lowest BCUT2D eigenvalue weighted by Crippen LogP contribution is -2.41. The van der Waals surface area contributed by atoms with Crippen LogP contribution in [0.25, 0.3) is 0 Å². The summed E-state index contributed by atoms with van der Waals surface area (Å²) in [7, 11) is 4.35. The summed E-state index contributed by atoms with van der Waals surface area (Å²) in [5, 5.41) is 0.350. The van der Waals surface area contributed by atoms with Crippen molar-refractivity contribution in [2.24, 2.45) is 0 Å². The van der Waals surface area contributed by atoms with Crippen LogP contribution in [0.2, 0.25) is 10.0 Å². The lowest BCUT2D eigenvalue weighted by molar-refractivity contribution is 0.0846. The summed E-state index contributed by atoms with van der Waals surface area (Å²) in [5.41, 5.74) is 4.99. The molecule has 0 fully saturated rings. The van der Waals surface area contributed by atoms with Crippen molar-refractivity contribution < 1.29 is 23.8 Å². The van der Waals surface area contributed by atoms with Gasteiger partial charge in [0.05, 0.1) is 31.4 Å². The number of carbonyl (C=O) groups excluding carboxylic acids is 2. The predicted molar refractivity (Wildman–Crippen MR) is 97.5 cm³/mol. The van der Waals surface area contributed by atoms with Gasteiger partial charge in [-0.3, -0.25) is 20.4 Å². The van der Waals surface area contributed by atoms with Gasteiger partial charge in [-0.1, -0.05) is 23.2 Å². The standard InChI is InChI=1S/C17H16Cl2N2O5/c1-24-11-4-9(5-12(8-11)25-2)16(22)20-21-17(23)10-6-13(18)15(26-3)14(19)7-10/h4-8H,1-3H3,(H,20,22)(H,21,23). The first-order valence-corrected chi connectivity index (χ1v) is 8.02. The average Bonchev–Trinajstić information content (AvgIpc) is 2.64. The van der Waals surface area contributed by atoms with Gasteiger partial charge in [0, 0.05) is 17.2 Å². The molecule has 2 N–H and O–H groups in total. The Bertz CT molecular complexity index is 797. The quantitative estimate of drug-likeness (QED) is 0.755. The minimum atomic E-state index is -0.598. The van der Waals surface area contributed by atoms with Crippen LogP contribution in [0.5, 0.6) is 17.2 Å². The highest BCUT2D eigenvalue weighted by molar-refractivity contribution is 6.37. The second-order valence-electron chi connectivity index (χ2n) is 4.98. The zero-order valence-corrected chi connectivity index (χ0v) is 15.7. The van der Waals surface area contributed by atoms with Crippen LogP contribution in [0.1, 0.15) is 20.7 Å². The summed E-state index contributed by atoms with van der Waals surface area (Å²) in [6, 6.07) is 7.39. The smallest absolute Gasteiger partial charge is 0.269 e. The first-order valence-electron chi connectivity index (χ1n) is 7.26. The zero-order valence-electron chi connectivity index (χ0n) is 14.2. The molecule has 0 bridgehead atoms. The largest absolute Gasteiger partial charge is 0.497 e. The molecule has 2 amide bonds. The van der Waals surface area contributed by atoms with E-state index >= 15 is 0 Å². The normalized spacial score (nSPS) is 10.0. The minimum absolute atomic E-state index is 0.157. The monoisotopic (exact) mass is 398 g/mol. The molecule has 0 atom stereocenters.